The Hall–Kier alpha value is -2.77. The standard InChI is InChI=1S/C22H31N3O5/c1-16-6-7-18-17(14-16)25(20(27)15-29-18)11-8-19(26)23-9-5-10-24(13-12-23)21(28)30-22(2,3)4/h6-7,14H,5,8-13,15H2,1-4H3. The van der Waals surface area contributed by atoms with Crippen LogP contribution in [0.4, 0.5) is 10.5 Å². The first-order valence-electron chi connectivity index (χ1n) is 10.4. The molecule has 2 aliphatic heterocycles. The molecule has 1 aromatic carbocycles. The molecule has 3 rings (SSSR count). The van der Waals surface area contributed by atoms with Crippen LogP contribution in [0.3, 0.4) is 0 Å². The predicted octanol–water partition coefficient (Wildman–Crippen LogP) is 2.58. The Morgan fingerprint density at radius 3 is 2.53 bits per heavy atom. The second-order valence-electron chi connectivity index (χ2n) is 8.76. The summed E-state index contributed by atoms with van der Waals surface area (Å²) < 4.78 is 10.9. The molecule has 2 aliphatic rings. The summed E-state index contributed by atoms with van der Waals surface area (Å²) in [5.74, 6) is 0.498. The average molecular weight is 418 g/mol. The van der Waals surface area contributed by atoms with Gasteiger partial charge in [-0.1, -0.05) is 6.07 Å². The number of hydrogen-bond donors (Lipinski definition) is 0. The van der Waals surface area contributed by atoms with E-state index in [1.165, 1.54) is 0 Å². The van der Waals surface area contributed by atoms with E-state index in [-0.39, 0.29) is 30.9 Å². The summed E-state index contributed by atoms with van der Waals surface area (Å²) in [6, 6.07) is 5.69. The summed E-state index contributed by atoms with van der Waals surface area (Å²) in [7, 11) is 0. The molecule has 2 heterocycles. The van der Waals surface area contributed by atoms with Crippen LogP contribution in [0.5, 0.6) is 5.75 Å². The molecule has 1 fully saturated rings. The number of anilines is 1. The number of amides is 3. The summed E-state index contributed by atoms with van der Waals surface area (Å²) in [4.78, 5) is 42.5. The number of aryl methyl sites for hydroxylation is 1. The molecule has 164 valence electrons. The summed E-state index contributed by atoms with van der Waals surface area (Å²) in [6.07, 6.45) is 0.581. The molecule has 0 saturated carbocycles. The highest BCUT2D eigenvalue weighted by atomic mass is 16.6. The zero-order valence-electron chi connectivity index (χ0n) is 18.3. The Balaban J connectivity index is 1.56. The Bertz CT molecular complexity index is 817. The summed E-state index contributed by atoms with van der Waals surface area (Å²) >= 11 is 0. The van der Waals surface area contributed by atoms with Crippen molar-refractivity contribution >= 4 is 23.6 Å². The van der Waals surface area contributed by atoms with Crippen molar-refractivity contribution in [1.82, 2.24) is 9.80 Å². The van der Waals surface area contributed by atoms with Crippen molar-refractivity contribution in [2.75, 3.05) is 44.2 Å². The molecular formula is C22H31N3O5. The summed E-state index contributed by atoms with van der Waals surface area (Å²) in [6.45, 7) is 9.82. The average Bonchev–Trinajstić information content (AvgIpc) is 2.92. The smallest absolute Gasteiger partial charge is 0.410 e. The molecule has 0 radical (unpaired) electrons. The normalized spacial score (nSPS) is 17.2. The van der Waals surface area contributed by atoms with Gasteiger partial charge in [-0.3, -0.25) is 9.59 Å². The van der Waals surface area contributed by atoms with E-state index < -0.39 is 5.60 Å². The molecule has 8 heteroatoms. The fourth-order valence-electron chi connectivity index (χ4n) is 3.60. The van der Waals surface area contributed by atoms with Crippen molar-refractivity contribution in [3.05, 3.63) is 23.8 Å². The Kier molecular flexibility index (Phi) is 6.53. The van der Waals surface area contributed by atoms with Gasteiger partial charge in [0.25, 0.3) is 5.91 Å². The first kappa shape index (κ1) is 21.9. The molecule has 1 aromatic rings. The van der Waals surface area contributed by atoms with Gasteiger partial charge in [0.2, 0.25) is 5.91 Å². The van der Waals surface area contributed by atoms with Crippen LogP contribution in [0.1, 0.15) is 39.2 Å². The van der Waals surface area contributed by atoms with Crippen LogP contribution >= 0.6 is 0 Å². The Labute approximate surface area is 177 Å². The summed E-state index contributed by atoms with van der Waals surface area (Å²) in [5, 5.41) is 0. The fourth-order valence-corrected chi connectivity index (χ4v) is 3.60. The molecule has 0 atom stereocenters. The lowest BCUT2D eigenvalue weighted by atomic mass is 10.1. The number of carbonyl (C=O) groups is 3. The zero-order chi connectivity index (χ0) is 21.9. The topological polar surface area (TPSA) is 79.4 Å². The second-order valence-corrected chi connectivity index (χ2v) is 8.76. The third kappa shape index (κ3) is 5.43. The molecule has 0 bridgehead atoms. The zero-order valence-corrected chi connectivity index (χ0v) is 18.3. The molecule has 0 aliphatic carbocycles. The third-order valence-electron chi connectivity index (χ3n) is 5.11. The minimum absolute atomic E-state index is 0.0151. The highest BCUT2D eigenvalue weighted by molar-refractivity contribution is 5.98. The van der Waals surface area contributed by atoms with Crippen LogP contribution in [-0.2, 0) is 14.3 Å². The summed E-state index contributed by atoms with van der Waals surface area (Å²) in [5.41, 5.74) is 1.20. The van der Waals surface area contributed by atoms with Crippen LogP contribution in [0.15, 0.2) is 18.2 Å². The largest absolute Gasteiger partial charge is 0.482 e. The van der Waals surface area contributed by atoms with E-state index in [1.807, 2.05) is 45.9 Å². The van der Waals surface area contributed by atoms with E-state index in [0.717, 1.165) is 5.56 Å². The molecule has 1 saturated heterocycles. The van der Waals surface area contributed by atoms with E-state index in [9.17, 15) is 14.4 Å². The number of rotatable bonds is 3. The number of ether oxygens (including phenoxy) is 2. The van der Waals surface area contributed by atoms with Gasteiger partial charge in [0, 0.05) is 39.1 Å². The molecule has 3 amide bonds. The Morgan fingerprint density at radius 2 is 1.80 bits per heavy atom. The van der Waals surface area contributed by atoms with E-state index >= 15 is 0 Å². The maximum absolute atomic E-state index is 12.8. The van der Waals surface area contributed by atoms with E-state index in [2.05, 4.69) is 0 Å². The fraction of sp³-hybridized carbons (Fsp3) is 0.591. The molecular weight excluding hydrogens is 386 g/mol. The maximum Gasteiger partial charge on any atom is 0.410 e. The van der Waals surface area contributed by atoms with Crippen molar-refractivity contribution in [1.29, 1.82) is 0 Å². The Morgan fingerprint density at radius 1 is 1.10 bits per heavy atom. The number of nitrogens with zero attached hydrogens (tertiary/aromatic N) is 3. The van der Waals surface area contributed by atoms with Gasteiger partial charge in [0.05, 0.1) is 5.69 Å². The first-order chi connectivity index (χ1) is 14.1. The predicted molar refractivity (Wildman–Crippen MR) is 113 cm³/mol. The molecule has 0 unspecified atom stereocenters. The van der Waals surface area contributed by atoms with Crippen LogP contribution in [0, 0.1) is 6.92 Å². The minimum Gasteiger partial charge on any atom is -0.482 e. The lowest BCUT2D eigenvalue weighted by molar-refractivity contribution is -0.131. The van der Waals surface area contributed by atoms with Gasteiger partial charge >= 0.3 is 6.09 Å². The highest BCUT2D eigenvalue weighted by Gasteiger charge is 2.28. The van der Waals surface area contributed by atoms with Gasteiger partial charge in [-0.2, -0.15) is 0 Å². The SMILES string of the molecule is Cc1ccc2c(c1)N(CCC(=O)N1CCCN(C(=O)OC(C)(C)C)CC1)C(=O)CO2. The van der Waals surface area contributed by atoms with E-state index in [4.69, 9.17) is 9.47 Å². The number of benzene rings is 1. The van der Waals surface area contributed by atoms with Crippen LogP contribution < -0.4 is 9.64 Å². The monoisotopic (exact) mass is 417 g/mol. The van der Waals surface area contributed by atoms with Gasteiger partial charge in [-0.05, 0) is 51.8 Å². The maximum atomic E-state index is 12.8. The second kappa shape index (κ2) is 8.93. The number of fused-ring (bicyclic) bond motifs is 1. The van der Waals surface area contributed by atoms with Gasteiger partial charge < -0.3 is 24.2 Å². The lowest BCUT2D eigenvalue weighted by Crippen LogP contribution is -2.43. The van der Waals surface area contributed by atoms with Crippen LogP contribution in [-0.4, -0.2) is 72.6 Å². The van der Waals surface area contributed by atoms with Gasteiger partial charge in [0.15, 0.2) is 6.61 Å². The van der Waals surface area contributed by atoms with Crippen molar-refractivity contribution in [2.45, 2.75) is 46.1 Å². The van der Waals surface area contributed by atoms with Crippen LogP contribution in [0.25, 0.3) is 0 Å². The molecule has 0 N–H and O–H groups in total. The third-order valence-corrected chi connectivity index (χ3v) is 5.11. The van der Waals surface area contributed by atoms with Crippen LogP contribution in [0.2, 0.25) is 0 Å². The van der Waals surface area contributed by atoms with Gasteiger partial charge in [0.1, 0.15) is 11.4 Å². The van der Waals surface area contributed by atoms with Gasteiger partial charge in [-0.15, -0.1) is 0 Å². The van der Waals surface area contributed by atoms with Crippen molar-refractivity contribution in [3.8, 4) is 5.75 Å². The van der Waals surface area contributed by atoms with E-state index in [0.29, 0.717) is 50.6 Å². The van der Waals surface area contributed by atoms with Crippen molar-refractivity contribution in [3.63, 3.8) is 0 Å². The molecule has 30 heavy (non-hydrogen) atoms. The number of carbonyl (C=O) groups excluding carboxylic acids is 3. The molecule has 8 nitrogen and oxygen atoms in total. The first-order valence-corrected chi connectivity index (χ1v) is 10.4. The minimum atomic E-state index is -0.543. The lowest BCUT2D eigenvalue weighted by Gasteiger charge is -2.30. The van der Waals surface area contributed by atoms with Crippen molar-refractivity contribution in [2.24, 2.45) is 0 Å². The molecule has 0 aromatic heterocycles. The van der Waals surface area contributed by atoms with Crippen molar-refractivity contribution < 1.29 is 23.9 Å². The number of hydrogen-bond acceptors (Lipinski definition) is 5. The van der Waals surface area contributed by atoms with Gasteiger partial charge in [-0.25, -0.2) is 4.79 Å². The highest BCUT2D eigenvalue weighted by Crippen LogP contribution is 2.33. The van der Waals surface area contributed by atoms with E-state index in [1.54, 1.807) is 14.7 Å². The molecule has 0 spiro atoms. The quantitative estimate of drug-likeness (QED) is 0.755.